The molecule has 0 bridgehead atoms. The van der Waals surface area contributed by atoms with Gasteiger partial charge in [0.05, 0.1) is 0 Å². The molecule has 6 heteroatoms. The maximum Gasteiger partial charge on any atom is 0.162 e. The predicted octanol–water partition coefficient (Wildman–Crippen LogP) is 4.11. The van der Waals surface area contributed by atoms with Gasteiger partial charge < -0.3 is 0 Å². The van der Waals surface area contributed by atoms with Crippen LogP contribution in [0.2, 0.25) is 0 Å². The van der Waals surface area contributed by atoms with Crippen LogP contribution in [-0.2, 0) is 0 Å². The van der Waals surface area contributed by atoms with Crippen molar-refractivity contribution in [3.8, 4) is 0 Å². The van der Waals surface area contributed by atoms with Crippen LogP contribution in [0.5, 0.6) is 0 Å². The third kappa shape index (κ3) is 2.60. The molecule has 0 aliphatic rings. The van der Waals surface area contributed by atoms with Crippen molar-refractivity contribution in [2.75, 3.05) is 0 Å². The van der Waals surface area contributed by atoms with Crippen molar-refractivity contribution in [3.63, 3.8) is 0 Å². The topological polar surface area (TPSA) is 51.2 Å². The minimum atomic E-state index is -0.260. The summed E-state index contributed by atoms with van der Waals surface area (Å²) in [7, 11) is 0. The summed E-state index contributed by atoms with van der Waals surface area (Å²) in [6.45, 7) is 4.10. The van der Waals surface area contributed by atoms with E-state index in [1.165, 1.54) is 20.8 Å². The van der Waals surface area contributed by atoms with Gasteiger partial charge in [-0.1, -0.05) is 0 Å². The van der Waals surface area contributed by atoms with Gasteiger partial charge in [-0.05, 0) is 52.6 Å². The minimum Gasteiger partial charge on any atom is -0.294 e. The molecular formula is C12H10Br2O3S. The predicted molar refractivity (Wildman–Crippen MR) is 79.1 cm³/mol. The molecule has 18 heavy (non-hydrogen) atoms. The lowest BCUT2D eigenvalue weighted by atomic mass is 9.99. The molecule has 0 saturated carbocycles. The molecule has 96 valence electrons. The highest BCUT2D eigenvalue weighted by molar-refractivity contribution is 9.11. The standard InChI is InChI=1S/C12H10Br2O3S/c1-4(15)7-10(13)8(5(2)16)12(18)9(6(3)17)11(7)14/h18H,1-3H3. The van der Waals surface area contributed by atoms with Crippen molar-refractivity contribution >= 4 is 61.8 Å². The third-order valence-corrected chi connectivity index (χ3v) is 4.44. The number of carbonyl (C=O) groups excluding carboxylic acids is 3. The molecule has 0 amide bonds. The second-order valence-electron chi connectivity index (χ2n) is 3.77. The molecule has 0 saturated heterocycles. The van der Waals surface area contributed by atoms with E-state index in [2.05, 4.69) is 44.5 Å². The highest BCUT2D eigenvalue weighted by Gasteiger charge is 2.25. The third-order valence-electron chi connectivity index (χ3n) is 2.41. The molecule has 0 unspecified atom stereocenters. The second kappa shape index (κ2) is 5.67. The van der Waals surface area contributed by atoms with E-state index in [0.717, 1.165) is 0 Å². The van der Waals surface area contributed by atoms with E-state index in [-0.39, 0.29) is 38.9 Å². The second-order valence-corrected chi connectivity index (χ2v) is 5.80. The Bertz CT molecular complexity index is 477. The molecule has 1 rings (SSSR count). The van der Waals surface area contributed by atoms with E-state index >= 15 is 0 Å². The smallest absolute Gasteiger partial charge is 0.162 e. The molecule has 0 aromatic heterocycles. The number of thiol groups is 1. The molecule has 3 nitrogen and oxygen atoms in total. The number of benzene rings is 1. The van der Waals surface area contributed by atoms with Crippen LogP contribution in [0, 0.1) is 0 Å². The summed E-state index contributed by atoms with van der Waals surface area (Å²) in [6.07, 6.45) is 0. The van der Waals surface area contributed by atoms with Gasteiger partial charge >= 0.3 is 0 Å². The maximum atomic E-state index is 11.6. The quantitative estimate of drug-likeness (QED) is 0.621. The Hall–Kier alpha value is -0.460. The van der Waals surface area contributed by atoms with Crippen LogP contribution >= 0.6 is 44.5 Å². The number of Topliss-reactive ketones (excluding diaryl/α,β-unsaturated/α-hetero) is 3. The number of hydrogen-bond donors (Lipinski definition) is 1. The summed E-state index contributed by atoms with van der Waals surface area (Å²) >= 11 is 10.7. The Morgan fingerprint density at radius 2 is 1.06 bits per heavy atom. The van der Waals surface area contributed by atoms with Gasteiger partial charge in [0.15, 0.2) is 17.3 Å². The van der Waals surface area contributed by atoms with Crippen molar-refractivity contribution in [2.24, 2.45) is 0 Å². The first kappa shape index (κ1) is 15.6. The van der Waals surface area contributed by atoms with Crippen LogP contribution < -0.4 is 0 Å². The molecule has 0 aliphatic heterocycles. The van der Waals surface area contributed by atoms with Gasteiger partial charge in [0.1, 0.15) is 0 Å². The molecule has 1 aromatic carbocycles. The fourth-order valence-corrected chi connectivity index (χ4v) is 4.65. The van der Waals surface area contributed by atoms with Gasteiger partial charge in [0.2, 0.25) is 0 Å². The molecule has 0 spiro atoms. The lowest BCUT2D eigenvalue weighted by Crippen LogP contribution is -2.10. The van der Waals surface area contributed by atoms with Crippen LogP contribution in [0.15, 0.2) is 13.8 Å². The highest BCUT2D eigenvalue weighted by atomic mass is 79.9. The maximum absolute atomic E-state index is 11.6. The Labute approximate surface area is 127 Å². The Morgan fingerprint density at radius 3 is 1.28 bits per heavy atom. The zero-order valence-corrected chi connectivity index (χ0v) is 14.0. The number of rotatable bonds is 3. The first-order chi connectivity index (χ1) is 8.20. The van der Waals surface area contributed by atoms with Crippen molar-refractivity contribution in [3.05, 3.63) is 25.6 Å². The normalized spacial score (nSPS) is 10.3. The summed E-state index contributed by atoms with van der Waals surface area (Å²) in [5.74, 6) is -0.763. The summed E-state index contributed by atoms with van der Waals surface area (Å²) in [5.41, 5.74) is 0.775. The van der Waals surface area contributed by atoms with Gasteiger partial charge in [-0.2, -0.15) is 0 Å². The average molecular weight is 394 g/mol. The van der Waals surface area contributed by atoms with Gasteiger partial charge in [0.25, 0.3) is 0 Å². The number of carbonyl (C=O) groups is 3. The monoisotopic (exact) mass is 392 g/mol. The van der Waals surface area contributed by atoms with Crippen LogP contribution in [0.25, 0.3) is 0 Å². The molecule has 0 aliphatic carbocycles. The first-order valence-electron chi connectivity index (χ1n) is 4.96. The fraction of sp³-hybridized carbons (Fsp3) is 0.250. The van der Waals surface area contributed by atoms with E-state index in [4.69, 9.17) is 0 Å². The molecule has 0 radical (unpaired) electrons. The lowest BCUT2D eigenvalue weighted by Gasteiger charge is -2.15. The van der Waals surface area contributed by atoms with Gasteiger partial charge in [-0.25, -0.2) is 0 Å². The number of hydrogen-bond acceptors (Lipinski definition) is 4. The lowest BCUT2D eigenvalue weighted by molar-refractivity contribution is 0.101. The van der Waals surface area contributed by atoms with E-state index in [1.807, 2.05) is 0 Å². The van der Waals surface area contributed by atoms with Crippen LogP contribution in [-0.4, -0.2) is 17.3 Å². The van der Waals surface area contributed by atoms with Crippen LogP contribution in [0.1, 0.15) is 51.8 Å². The van der Waals surface area contributed by atoms with Crippen molar-refractivity contribution in [1.82, 2.24) is 0 Å². The summed E-state index contributed by atoms with van der Waals surface area (Å²) in [5, 5.41) is 0. The Balaban J connectivity index is 3.94. The number of ketones is 3. The van der Waals surface area contributed by atoms with Crippen molar-refractivity contribution in [1.29, 1.82) is 0 Å². The van der Waals surface area contributed by atoms with E-state index in [9.17, 15) is 14.4 Å². The molecule has 0 fully saturated rings. The zero-order valence-electron chi connectivity index (χ0n) is 9.93. The van der Waals surface area contributed by atoms with Gasteiger partial charge in [0, 0.05) is 30.5 Å². The van der Waals surface area contributed by atoms with E-state index < -0.39 is 0 Å². The summed E-state index contributed by atoms with van der Waals surface area (Å²) in [6, 6.07) is 0. The SMILES string of the molecule is CC(=O)c1c(S)c(C(C)=O)c(Br)c(C(C)=O)c1Br. The van der Waals surface area contributed by atoms with Crippen LogP contribution in [0.3, 0.4) is 0 Å². The minimum absolute atomic E-state index is 0.243. The fourth-order valence-electron chi connectivity index (χ4n) is 1.63. The molecule has 1 aromatic rings. The van der Waals surface area contributed by atoms with Gasteiger partial charge in [-0.3, -0.25) is 14.4 Å². The Morgan fingerprint density at radius 1 is 0.778 bits per heavy atom. The van der Waals surface area contributed by atoms with E-state index in [0.29, 0.717) is 8.95 Å². The average Bonchev–Trinajstić information content (AvgIpc) is 2.14. The van der Waals surface area contributed by atoms with Crippen LogP contribution in [0.4, 0.5) is 0 Å². The van der Waals surface area contributed by atoms with Gasteiger partial charge in [-0.15, -0.1) is 12.6 Å². The highest BCUT2D eigenvalue weighted by Crippen LogP contribution is 2.38. The summed E-state index contributed by atoms with van der Waals surface area (Å²) in [4.78, 5) is 35.2. The van der Waals surface area contributed by atoms with Crippen molar-refractivity contribution < 1.29 is 14.4 Å². The molecule has 0 atom stereocenters. The largest absolute Gasteiger partial charge is 0.294 e. The zero-order chi connectivity index (χ0) is 14.2. The molecular weight excluding hydrogens is 384 g/mol. The summed E-state index contributed by atoms with van der Waals surface area (Å²) < 4.78 is 0.730. The molecule has 0 N–H and O–H groups in total. The van der Waals surface area contributed by atoms with E-state index in [1.54, 1.807) is 0 Å². The first-order valence-corrected chi connectivity index (χ1v) is 7.00. The van der Waals surface area contributed by atoms with Crippen molar-refractivity contribution in [2.45, 2.75) is 25.7 Å². The Kier molecular flexibility index (Phi) is 4.91. The molecule has 0 heterocycles. The number of halogens is 2.